The van der Waals surface area contributed by atoms with Crippen molar-refractivity contribution in [3.63, 3.8) is 0 Å². The van der Waals surface area contributed by atoms with E-state index in [1.54, 1.807) is 25.3 Å². The third kappa shape index (κ3) is 3.29. The normalized spacial score (nSPS) is 15.1. The highest BCUT2D eigenvalue weighted by atomic mass is 16.5. The number of anilines is 1. The average molecular weight is 387 g/mol. The van der Waals surface area contributed by atoms with Crippen LogP contribution in [0.5, 0.6) is 5.75 Å². The van der Waals surface area contributed by atoms with Gasteiger partial charge in [0.2, 0.25) is 0 Å². The number of methoxy groups -OCH3 is 1. The summed E-state index contributed by atoms with van der Waals surface area (Å²) in [7, 11) is 1.63. The third-order valence-electron chi connectivity index (χ3n) is 4.99. The summed E-state index contributed by atoms with van der Waals surface area (Å²) in [5.41, 5.74) is 7.06. The summed E-state index contributed by atoms with van der Waals surface area (Å²) in [5.74, 6) is -0.0174. The minimum Gasteiger partial charge on any atom is -0.497 e. The van der Waals surface area contributed by atoms with Gasteiger partial charge in [0.25, 0.3) is 11.8 Å². The number of nitrogens with one attached hydrogen (secondary N) is 1. The van der Waals surface area contributed by atoms with Crippen LogP contribution in [-0.4, -0.2) is 23.5 Å². The Labute approximate surface area is 169 Å². The van der Waals surface area contributed by atoms with Gasteiger partial charge in [-0.25, -0.2) is 5.01 Å². The number of carbonyl (C=O) groups excluding carboxylic acids is 2. The fourth-order valence-electron chi connectivity index (χ4n) is 3.55. The largest absolute Gasteiger partial charge is 0.497 e. The lowest BCUT2D eigenvalue weighted by atomic mass is 10.1. The van der Waals surface area contributed by atoms with E-state index in [4.69, 9.17) is 4.74 Å². The first-order chi connectivity index (χ1) is 14.0. The van der Waals surface area contributed by atoms with Crippen molar-refractivity contribution in [1.29, 1.82) is 0 Å². The molecule has 0 atom stereocenters. The number of benzene rings is 2. The van der Waals surface area contributed by atoms with Gasteiger partial charge < -0.3 is 9.30 Å². The van der Waals surface area contributed by atoms with Crippen LogP contribution in [0.2, 0.25) is 0 Å². The molecule has 6 nitrogen and oxygen atoms in total. The number of hydrogen-bond acceptors (Lipinski definition) is 3. The predicted molar refractivity (Wildman–Crippen MR) is 112 cm³/mol. The zero-order chi connectivity index (χ0) is 20.5. The second-order valence-electron chi connectivity index (χ2n) is 6.84. The van der Waals surface area contributed by atoms with Crippen LogP contribution >= 0.6 is 0 Å². The van der Waals surface area contributed by atoms with Crippen LogP contribution in [0.1, 0.15) is 17.0 Å². The Balaban J connectivity index is 1.72. The number of amides is 2. The molecule has 2 amide bonds. The fourth-order valence-corrected chi connectivity index (χ4v) is 3.55. The van der Waals surface area contributed by atoms with E-state index in [2.05, 4.69) is 9.99 Å². The third-order valence-corrected chi connectivity index (χ3v) is 4.99. The van der Waals surface area contributed by atoms with E-state index >= 15 is 0 Å². The standard InChI is InChI=1S/C23H21N3O3/c1-15-12-17(16(2)25(15)19-10-7-11-20(14-19)29-3)13-21-22(27)24-26(23(21)28)18-8-5-4-6-9-18/h4-14H,1-3H3,(H,24,27). The molecule has 1 fully saturated rings. The van der Waals surface area contributed by atoms with Crippen molar-refractivity contribution < 1.29 is 14.3 Å². The van der Waals surface area contributed by atoms with Crippen LogP contribution in [0.4, 0.5) is 5.69 Å². The van der Waals surface area contributed by atoms with Gasteiger partial charge in [-0.15, -0.1) is 0 Å². The van der Waals surface area contributed by atoms with E-state index in [9.17, 15) is 9.59 Å². The van der Waals surface area contributed by atoms with Gasteiger partial charge in [0.1, 0.15) is 11.3 Å². The smallest absolute Gasteiger partial charge is 0.282 e. The van der Waals surface area contributed by atoms with Gasteiger partial charge in [0, 0.05) is 23.1 Å². The molecule has 2 heterocycles. The Kier molecular flexibility index (Phi) is 4.68. The molecule has 4 rings (SSSR count). The highest BCUT2D eigenvalue weighted by molar-refractivity contribution is 6.31. The molecular weight excluding hydrogens is 366 g/mol. The predicted octanol–water partition coefficient (Wildman–Crippen LogP) is 3.56. The molecule has 2 aromatic carbocycles. The molecule has 0 bridgehead atoms. The monoisotopic (exact) mass is 387 g/mol. The van der Waals surface area contributed by atoms with E-state index in [1.165, 1.54) is 5.01 Å². The summed E-state index contributed by atoms with van der Waals surface area (Å²) >= 11 is 0. The maximum atomic E-state index is 12.8. The number of aromatic nitrogens is 1. The molecule has 0 unspecified atom stereocenters. The number of hydrogen-bond donors (Lipinski definition) is 1. The summed E-state index contributed by atoms with van der Waals surface area (Å²) in [6.07, 6.45) is 1.65. The van der Waals surface area contributed by atoms with E-state index < -0.39 is 5.91 Å². The minimum absolute atomic E-state index is 0.111. The minimum atomic E-state index is -0.412. The Hall–Kier alpha value is -3.80. The number of aryl methyl sites for hydroxylation is 1. The molecule has 146 valence electrons. The molecular formula is C23H21N3O3. The molecule has 0 spiro atoms. The maximum Gasteiger partial charge on any atom is 0.282 e. The van der Waals surface area contributed by atoms with Crippen LogP contribution in [0, 0.1) is 13.8 Å². The van der Waals surface area contributed by atoms with Crippen molar-refractivity contribution in [3.8, 4) is 11.4 Å². The molecule has 1 aliphatic heterocycles. The molecule has 1 N–H and O–H groups in total. The Morgan fingerprint density at radius 2 is 1.66 bits per heavy atom. The van der Waals surface area contributed by atoms with Crippen molar-refractivity contribution >= 4 is 23.6 Å². The number of nitrogens with zero attached hydrogens (tertiary/aromatic N) is 2. The van der Waals surface area contributed by atoms with Crippen LogP contribution in [-0.2, 0) is 9.59 Å². The van der Waals surface area contributed by atoms with E-state index in [0.29, 0.717) is 5.69 Å². The Morgan fingerprint density at radius 1 is 0.931 bits per heavy atom. The van der Waals surface area contributed by atoms with Gasteiger partial charge in [0.05, 0.1) is 12.8 Å². The Bertz CT molecular complexity index is 1130. The summed E-state index contributed by atoms with van der Waals surface area (Å²) < 4.78 is 7.39. The molecule has 0 saturated carbocycles. The lowest BCUT2D eigenvalue weighted by Crippen LogP contribution is -2.35. The first-order valence-electron chi connectivity index (χ1n) is 9.25. The van der Waals surface area contributed by atoms with Gasteiger partial charge in [0.15, 0.2) is 0 Å². The molecule has 29 heavy (non-hydrogen) atoms. The first-order valence-corrected chi connectivity index (χ1v) is 9.25. The van der Waals surface area contributed by atoms with Crippen LogP contribution in [0.25, 0.3) is 11.8 Å². The van der Waals surface area contributed by atoms with E-state index in [1.807, 2.05) is 62.4 Å². The number of ether oxygens (including phenoxy) is 1. The average Bonchev–Trinajstić information content (AvgIpc) is 3.18. The first kappa shape index (κ1) is 18.6. The van der Waals surface area contributed by atoms with Crippen molar-refractivity contribution in [2.24, 2.45) is 0 Å². The topological polar surface area (TPSA) is 63.6 Å². The summed E-state index contributed by atoms with van der Waals surface area (Å²) in [6.45, 7) is 3.95. The van der Waals surface area contributed by atoms with Crippen LogP contribution in [0.15, 0.2) is 66.2 Å². The van der Waals surface area contributed by atoms with Gasteiger partial charge in [-0.2, -0.15) is 0 Å². The number of para-hydroxylation sites is 1. The van der Waals surface area contributed by atoms with Crippen molar-refractivity contribution in [2.75, 3.05) is 12.1 Å². The van der Waals surface area contributed by atoms with E-state index in [0.717, 1.165) is 28.4 Å². The highest BCUT2D eigenvalue weighted by Gasteiger charge is 2.34. The van der Waals surface area contributed by atoms with Crippen molar-refractivity contribution in [1.82, 2.24) is 9.99 Å². The molecule has 1 aliphatic rings. The quantitative estimate of drug-likeness (QED) is 0.550. The summed E-state index contributed by atoms with van der Waals surface area (Å²) in [6, 6.07) is 18.8. The molecule has 6 heteroatoms. The molecule has 0 aliphatic carbocycles. The lowest BCUT2D eigenvalue weighted by Gasteiger charge is -2.13. The van der Waals surface area contributed by atoms with Crippen LogP contribution in [0.3, 0.4) is 0 Å². The lowest BCUT2D eigenvalue weighted by molar-refractivity contribution is -0.117. The fraction of sp³-hybridized carbons (Fsp3) is 0.130. The SMILES string of the molecule is COc1cccc(-n2c(C)cc(C=C3C(=O)NN(c4ccccc4)C3=O)c2C)c1. The number of rotatable bonds is 4. The molecule has 1 aromatic heterocycles. The summed E-state index contributed by atoms with van der Waals surface area (Å²) in [5, 5.41) is 1.27. The number of hydrazine groups is 1. The number of carbonyl (C=O) groups is 2. The van der Waals surface area contributed by atoms with Crippen LogP contribution < -0.4 is 15.2 Å². The van der Waals surface area contributed by atoms with Crippen molar-refractivity contribution in [2.45, 2.75) is 13.8 Å². The second-order valence-corrected chi connectivity index (χ2v) is 6.84. The Morgan fingerprint density at radius 3 is 2.38 bits per heavy atom. The van der Waals surface area contributed by atoms with Crippen molar-refractivity contribution in [3.05, 3.63) is 83.2 Å². The molecule has 3 aromatic rings. The summed E-state index contributed by atoms with van der Waals surface area (Å²) in [4.78, 5) is 25.3. The maximum absolute atomic E-state index is 12.8. The molecule has 1 saturated heterocycles. The zero-order valence-corrected chi connectivity index (χ0v) is 16.5. The van der Waals surface area contributed by atoms with Gasteiger partial charge >= 0.3 is 0 Å². The van der Waals surface area contributed by atoms with Gasteiger partial charge in [-0.1, -0.05) is 24.3 Å². The van der Waals surface area contributed by atoms with E-state index in [-0.39, 0.29) is 11.5 Å². The second kappa shape index (κ2) is 7.31. The highest BCUT2D eigenvalue weighted by Crippen LogP contribution is 2.27. The van der Waals surface area contributed by atoms with Gasteiger partial charge in [-0.3, -0.25) is 15.0 Å². The zero-order valence-electron chi connectivity index (χ0n) is 16.5. The van der Waals surface area contributed by atoms with Gasteiger partial charge in [-0.05, 0) is 55.8 Å². The molecule has 0 radical (unpaired) electrons.